The summed E-state index contributed by atoms with van der Waals surface area (Å²) in [6.45, 7) is 0. The van der Waals surface area contributed by atoms with E-state index in [-0.39, 0.29) is 11.5 Å². The third-order valence-electron chi connectivity index (χ3n) is 3.72. The van der Waals surface area contributed by atoms with Crippen LogP contribution in [-0.4, -0.2) is 11.8 Å². The van der Waals surface area contributed by atoms with Crippen molar-refractivity contribution in [3.63, 3.8) is 0 Å². The number of hydrogen-bond donors (Lipinski definition) is 0. The summed E-state index contributed by atoms with van der Waals surface area (Å²) < 4.78 is 11.0. The van der Waals surface area contributed by atoms with Crippen molar-refractivity contribution in [3.05, 3.63) is 86.8 Å². The number of halogens is 1. The zero-order chi connectivity index (χ0) is 18.1. The molecule has 26 heavy (non-hydrogen) atoms. The molecule has 0 saturated carbocycles. The summed E-state index contributed by atoms with van der Waals surface area (Å²) in [7, 11) is 0. The molecule has 1 aromatic heterocycles. The van der Waals surface area contributed by atoms with Gasteiger partial charge in [-0.2, -0.15) is 0 Å². The maximum absolute atomic E-state index is 12.5. The molecule has 0 unspecified atom stereocenters. The Morgan fingerprint density at radius 1 is 1.12 bits per heavy atom. The van der Waals surface area contributed by atoms with Gasteiger partial charge >= 0.3 is 5.97 Å². The predicted molar refractivity (Wildman–Crippen MR) is 100 cm³/mol. The Hall–Kier alpha value is -2.89. The lowest BCUT2D eigenvalue weighted by molar-refractivity contribution is 0.0739. The number of ether oxygens (including phenoxy) is 2. The largest absolute Gasteiger partial charge is 0.452 e. The van der Waals surface area contributed by atoms with Crippen molar-refractivity contribution in [1.29, 1.82) is 0 Å². The molecular weight excluding hydrogens is 372 g/mol. The van der Waals surface area contributed by atoms with E-state index >= 15 is 0 Å². The molecule has 0 amide bonds. The third kappa shape index (κ3) is 3.27. The molecular formula is C20H11ClO4S. The number of ketones is 1. The first-order chi connectivity index (χ1) is 12.6. The van der Waals surface area contributed by atoms with Crippen molar-refractivity contribution < 1.29 is 19.1 Å². The van der Waals surface area contributed by atoms with Crippen LogP contribution in [0.5, 0.6) is 11.5 Å². The average molecular weight is 383 g/mol. The minimum absolute atomic E-state index is 0.198. The van der Waals surface area contributed by atoms with E-state index in [1.54, 1.807) is 53.9 Å². The number of fused-ring (bicyclic) bond motifs is 1. The summed E-state index contributed by atoms with van der Waals surface area (Å²) >= 11 is 7.26. The number of Topliss-reactive ketones (excluding diaryl/α,β-unsaturated/α-hetero) is 1. The first-order valence-corrected chi connectivity index (χ1v) is 8.95. The maximum Gasteiger partial charge on any atom is 0.353 e. The second-order valence-electron chi connectivity index (χ2n) is 5.52. The zero-order valence-electron chi connectivity index (χ0n) is 13.3. The second-order valence-corrected chi connectivity index (χ2v) is 6.90. The van der Waals surface area contributed by atoms with Gasteiger partial charge in [0, 0.05) is 11.1 Å². The maximum atomic E-state index is 12.5. The van der Waals surface area contributed by atoms with Gasteiger partial charge in [-0.25, -0.2) is 4.79 Å². The van der Waals surface area contributed by atoms with Crippen LogP contribution in [0.1, 0.15) is 25.6 Å². The number of hydrogen-bond acceptors (Lipinski definition) is 5. The molecule has 2 aromatic carbocycles. The molecule has 4 nitrogen and oxygen atoms in total. The van der Waals surface area contributed by atoms with E-state index in [9.17, 15) is 9.59 Å². The summed E-state index contributed by atoms with van der Waals surface area (Å²) in [5, 5.41) is 2.37. The molecule has 1 aliphatic rings. The molecule has 128 valence electrons. The number of carbonyl (C=O) groups is 2. The second kappa shape index (κ2) is 6.78. The first-order valence-electron chi connectivity index (χ1n) is 7.70. The minimum Gasteiger partial charge on any atom is -0.452 e. The Kier molecular flexibility index (Phi) is 4.32. The van der Waals surface area contributed by atoms with Gasteiger partial charge in [0.15, 0.2) is 5.76 Å². The van der Waals surface area contributed by atoms with Crippen LogP contribution < -0.4 is 9.47 Å². The van der Waals surface area contributed by atoms with Crippen molar-refractivity contribution in [1.82, 2.24) is 0 Å². The zero-order valence-corrected chi connectivity index (χ0v) is 14.8. The molecule has 2 heterocycles. The molecule has 0 spiro atoms. The highest BCUT2D eigenvalue weighted by Crippen LogP contribution is 2.35. The first kappa shape index (κ1) is 16.6. The van der Waals surface area contributed by atoms with Crippen molar-refractivity contribution in [2.75, 3.05) is 0 Å². The molecule has 1 aliphatic heterocycles. The molecule has 0 bridgehead atoms. The van der Waals surface area contributed by atoms with Gasteiger partial charge in [0.25, 0.3) is 0 Å². The Balaban J connectivity index is 1.58. The Morgan fingerprint density at radius 2 is 2.00 bits per heavy atom. The van der Waals surface area contributed by atoms with E-state index in [1.165, 1.54) is 17.4 Å². The lowest BCUT2D eigenvalue weighted by Gasteiger charge is -2.04. The van der Waals surface area contributed by atoms with E-state index in [0.717, 1.165) is 5.56 Å². The normalized spacial score (nSPS) is 14.2. The molecule has 0 aliphatic carbocycles. The van der Waals surface area contributed by atoms with Crippen LogP contribution in [-0.2, 0) is 0 Å². The van der Waals surface area contributed by atoms with Crippen LogP contribution in [0.2, 0.25) is 5.02 Å². The molecule has 3 aromatic rings. The SMILES string of the molecule is O=C(Oc1ccc2c(c1)O/C(=C\c1cccc(Cl)c1)C2=O)c1cccs1. The molecule has 4 rings (SSSR count). The summed E-state index contributed by atoms with van der Waals surface area (Å²) in [4.78, 5) is 25.0. The van der Waals surface area contributed by atoms with Crippen LogP contribution in [0.3, 0.4) is 0 Å². The highest BCUT2D eigenvalue weighted by Gasteiger charge is 2.28. The van der Waals surface area contributed by atoms with Crippen molar-refractivity contribution >= 4 is 40.8 Å². The Morgan fingerprint density at radius 3 is 2.77 bits per heavy atom. The van der Waals surface area contributed by atoms with Crippen molar-refractivity contribution in [3.8, 4) is 11.5 Å². The average Bonchev–Trinajstić information content (AvgIpc) is 3.24. The molecule has 0 radical (unpaired) electrons. The highest BCUT2D eigenvalue weighted by molar-refractivity contribution is 7.12. The monoisotopic (exact) mass is 382 g/mol. The van der Waals surface area contributed by atoms with Gasteiger partial charge in [0.05, 0.1) is 5.56 Å². The van der Waals surface area contributed by atoms with Gasteiger partial charge < -0.3 is 9.47 Å². The van der Waals surface area contributed by atoms with E-state index in [0.29, 0.717) is 27.0 Å². The summed E-state index contributed by atoms with van der Waals surface area (Å²) in [6.07, 6.45) is 1.63. The summed E-state index contributed by atoms with van der Waals surface area (Å²) in [5.41, 5.74) is 1.19. The number of thiophene rings is 1. The Bertz CT molecular complexity index is 1040. The van der Waals surface area contributed by atoms with Gasteiger partial charge in [-0.1, -0.05) is 29.8 Å². The quantitative estimate of drug-likeness (QED) is 0.353. The molecule has 0 atom stereocenters. The highest BCUT2D eigenvalue weighted by atomic mass is 35.5. The molecule has 0 fully saturated rings. The smallest absolute Gasteiger partial charge is 0.353 e. The lowest BCUT2D eigenvalue weighted by atomic mass is 10.1. The van der Waals surface area contributed by atoms with E-state index in [4.69, 9.17) is 21.1 Å². The predicted octanol–water partition coefficient (Wildman–Crippen LogP) is 5.24. The molecule has 0 saturated heterocycles. The number of allylic oxidation sites excluding steroid dienone is 1. The third-order valence-corrected chi connectivity index (χ3v) is 4.81. The standard InChI is InChI=1S/C20H11ClO4S/c21-13-4-1-3-12(9-13)10-17-19(22)15-7-6-14(11-16(15)25-17)24-20(23)18-5-2-8-26-18/h1-11H/b17-10-. The number of benzene rings is 2. The van der Waals surface area contributed by atoms with Crippen molar-refractivity contribution in [2.45, 2.75) is 0 Å². The summed E-state index contributed by atoms with van der Waals surface area (Å²) in [5.74, 6) is 0.206. The van der Waals surface area contributed by atoms with E-state index < -0.39 is 5.97 Å². The van der Waals surface area contributed by atoms with E-state index in [2.05, 4.69) is 0 Å². The van der Waals surface area contributed by atoms with Gasteiger partial charge in [-0.3, -0.25) is 4.79 Å². The van der Waals surface area contributed by atoms with Crippen LogP contribution in [0.25, 0.3) is 6.08 Å². The van der Waals surface area contributed by atoms with Crippen LogP contribution >= 0.6 is 22.9 Å². The fourth-order valence-corrected chi connectivity index (χ4v) is 3.33. The number of carbonyl (C=O) groups excluding carboxylic acids is 2. The number of esters is 1. The number of rotatable bonds is 3. The fourth-order valence-electron chi connectivity index (χ4n) is 2.53. The fraction of sp³-hybridized carbons (Fsp3) is 0. The van der Waals surface area contributed by atoms with Crippen molar-refractivity contribution in [2.24, 2.45) is 0 Å². The van der Waals surface area contributed by atoms with Gasteiger partial charge in [0.2, 0.25) is 5.78 Å². The van der Waals surface area contributed by atoms with Crippen LogP contribution in [0.15, 0.2) is 65.7 Å². The van der Waals surface area contributed by atoms with Gasteiger partial charge in [-0.15, -0.1) is 11.3 Å². The van der Waals surface area contributed by atoms with Crippen LogP contribution in [0.4, 0.5) is 0 Å². The topological polar surface area (TPSA) is 52.6 Å². The van der Waals surface area contributed by atoms with E-state index in [1.807, 2.05) is 6.07 Å². The van der Waals surface area contributed by atoms with Crippen LogP contribution in [0, 0.1) is 0 Å². The molecule has 6 heteroatoms. The Labute approximate surface area is 158 Å². The minimum atomic E-state index is -0.445. The van der Waals surface area contributed by atoms with Gasteiger partial charge in [0.1, 0.15) is 16.4 Å². The molecule has 0 N–H and O–H groups in total. The summed E-state index contributed by atoms with van der Waals surface area (Å²) in [6, 6.07) is 15.3. The van der Waals surface area contributed by atoms with Gasteiger partial charge in [-0.05, 0) is 47.4 Å². The lowest BCUT2D eigenvalue weighted by Crippen LogP contribution is -2.06.